The van der Waals surface area contributed by atoms with E-state index in [1.165, 1.54) is 25.7 Å². The molecule has 1 aliphatic carbocycles. The Labute approximate surface area is 156 Å². The van der Waals surface area contributed by atoms with Gasteiger partial charge in [-0.3, -0.25) is 9.48 Å². The maximum atomic E-state index is 13.4. The number of aromatic nitrogens is 2. The molecule has 26 heavy (non-hydrogen) atoms. The van der Waals surface area contributed by atoms with Gasteiger partial charge in [-0.15, -0.1) is 0 Å². The average molecular weight is 361 g/mol. The zero-order chi connectivity index (χ0) is 17.8. The van der Waals surface area contributed by atoms with Crippen molar-refractivity contribution in [3.63, 3.8) is 0 Å². The van der Waals surface area contributed by atoms with Crippen LogP contribution in [0.4, 0.5) is 0 Å². The first kappa shape index (κ1) is 18.0. The Kier molecular flexibility index (Phi) is 5.60. The molecule has 3 aliphatic rings. The molecule has 1 aromatic heterocycles. The number of likely N-dealkylation sites (tertiary alicyclic amines) is 1. The van der Waals surface area contributed by atoms with Crippen molar-refractivity contribution in [2.45, 2.75) is 63.0 Å². The van der Waals surface area contributed by atoms with Crippen molar-refractivity contribution < 1.29 is 9.53 Å². The van der Waals surface area contributed by atoms with Crippen molar-refractivity contribution in [3.8, 4) is 0 Å². The van der Waals surface area contributed by atoms with Gasteiger partial charge in [0.05, 0.1) is 6.10 Å². The SMILES string of the molecule is O=C(N1CCC(OCC2CCCC2)CC1)C1(n2cccn2)CCNCC1. The number of piperidine rings is 2. The highest BCUT2D eigenvalue weighted by Gasteiger charge is 2.45. The lowest BCUT2D eigenvalue weighted by atomic mass is 9.86. The Morgan fingerprint density at radius 1 is 1.15 bits per heavy atom. The second-order valence-corrected chi connectivity index (χ2v) is 8.21. The van der Waals surface area contributed by atoms with Crippen LogP contribution >= 0.6 is 0 Å². The zero-order valence-electron chi connectivity index (χ0n) is 15.7. The van der Waals surface area contributed by atoms with E-state index >= 15 is 0 Å². The summed E-state index contributed by atoms with van der Waals surface area (Å²) in [5.74, 6) is 1.02. The lowest BCUT2D eigenvalue weighted by Crippen LogP contribution is -2.57. The van der Waals surface area contributed by atoms with Crippen LogP contribution in [0.2, 0.25) is 0 Å². The third-order valence-electron chi connectivity index (χ3n) is 6.54. The average Bonchev–Trinajstić information content (AvgIpc) is 3.41. The highest BCUT2D eigenvalue weighted by Crippen LogP contribution is 2.31. The summed E-state index contributed by atoms with van der Waals surface area (Å²) in [5.41, 5.74) is -0.508. The summed E-state index contributed by atoms with van der Waals surface area (Å²) in [7, 11) is 0. The number of hydrogen-bond acceptors (Lipinski definition) is 4. The highest BCUT2D eigenvalue weighted by atomic mass is 16.5. The van der Waals surface area contributed by atoms with E-state index in [2.05, 4.69) is 15.3 Å². The fourth-order valence-corrected chi connectivity index (χ4v) is 4.87. The molecule has 0 radical (unpaired) electrons. The highest BCUT2D eigenvalue weighted by molar-refractivity contribution is 5.84. The van der Waals surface area contributed by atoms with E-state index in [4.69, 9.17) is 4.74 Å². The lowest BCUT2D eigenvalue weighted by Gasteiger charge is -2.42. The standard InChI is InChI=1S/C20H32N4O2/c25-19(20(8-11-21-12-9-20)24-13-3-10-22-24)23-14-6-18(7-15-23)26-16-17-4-1-2-5-17/h3,10,13,17-18,21H,1-2,4-9,11-12,14-16H2. The number of ether oxygens (including phenoxy) is 1. The van der Waals surface area contributed by atoms with E-state index in [0.717, 1.165) is 64.4 Å². The van der Waals surface area contributed by atoms with Crippen LogP contribution in [0.5, 0.6) is 0 Å². The maximum absolute atomic E-state index is 13.4. The van der Waals surface area contributed by atoms with Crippen molar-refractivity contribution in [2.24, 2.45) is 5.92 Å². The van der Waals surface area contributed by atoms with Gasteiger partial charge in [-0.2, -0.15) is 5.10 Å². The molecule has 1 aromatic rings. The van der Waals surface area contributed by atoms with Gasteiger partial charge in [0.25, 0.3) is 5.91 Å². The van der Waals surface area contributed by atoms with Crippen LogP contribution in [-0.4, -0.2) is 59.5 Å². The number of hydrogen-bond donors (Lipinski definition) is 1. The Morgan fingerprint density at radius 2 is 1.88 bits per heavy atom. The van der Waals surface area contributed by atoms with Crippen LogP contribution < -0.4 is 5.32 Å². The summed E-state index contributed by atoms with van der Waals surface area (Å²) in [4.78, 5) is 15.5. The van der Waals surface area contributed by atoms with Gasteiger partial charge in [0.15, 0.2) is 0 Å². The second kappa shape index (κ2) is 8.09. The molecule has 0 bridgehead atoms. The summed E-state index contributed by atoms with van der Waals surface area (Å²) in [6.07, 6.45) is 13.0. The van der Waals surface area contributed by atoms with Gasteiger partial charge in [0, 0.05) is 32.1 Å². The summed E-state index contributed by atoms with van der Waals surface area (Å²) in [5, 5.41) is 7.81. The van der Waals surface area contributed by atoms with Gasteiger partial charge in [-0.1, -0.05) is 12.8 Å². The first-order chi connectivity index (χ1) is 12.8. The minimum Gasteiger partial charge on any atom is -0.378 e. The van der Waals surface area contributed by atoms with Crippen LogP contribution in [0.25, 0.3) is 0 Å². The predicted octanol–water partition coefficient (Wildman–Crippen LogP) is 2.16. The molecule has 1 N–H and O–H groups in total. The molecule has 3 fully saturated rings. The monoisotopic (exact) mass is 360 g/mol. The smallest absolute Gasteiger partial charge is 0.250 e. The van der Waals surface area contributed by atoms with Gasteiger partial charge in [0.2, 0.25) is 0 Å². The lowest BCUT2D eigenvalue weighted by molar-refractivity contribution is -0.146. The van der Waals surface area contributed by atoms with Gasteiger partial charge in [-0.25, -0.2) is 0 Å². The molecule has 6 heteroatoms. The maximum Gasteiger partial charge on any atom is 0.250 e. The van der Waals surface area contributed by atoms with Crippen LogP contribution in [0, 0.1) is 5.92 Å². The number of nitrogens with one attached hydrogen (secondary N) is 1. The predicted molar refractivity (Wildman–Crippen MR) is 99.8 cm³/mol. The summed E-state index contributed by atoms with van der Waals surface area (Å²) >= 11 is 0. The number of amides is 1. The Morgan fingerprint density at radius 3 is 2.54 bits per heavy atom. The fourth-order valence-electron chi connectivity index (χ4n) is 4.87. The minimum absolute atomic E-state index is 0.247. The summed E-state index contributed by atoms with van der Waals surface area (Å²) in [6, 6.07) is 1.92. The summed E-state index contributed by atoms with van der Waals surface area (Å²) in [6.45, 7) is 4.27. The quantitative estimate of drug-likeness (QED) is 0.874. The third-order valence-corrected chi connectivity index (χ3v) is 6.54. The van der Waals surface area contributed by atoms with Crippen molar-refractivity contribution >= 4 is 5.91 Å². The van der Waals surface area contributed by atoms with Crippen LogP contribution in [-0.2, 0) is 15.1 Å². The van der Waals surface area contributed by atoms with Crippen LogP contribution in [0.3, 0.4) is 0 Å². The molecule has 0 atom stereocenters. The number of carbonyl (C=O) groups excluding carboxylic acids is 1. The number of nitrogens with zero attached hydrogens (tertiary/aromatic N) is 3. The second-order valence-electron chi connectivity index (χ2n) is 8.21. The minimum atomic E-state index is -0.508. The van der Waals surface area contributed by atoms with E-state index in [1.54, 1.807) is 6.20 Å². The topological polar surface area (TPSA) is 59.4 Å². The first-order valence-electron chi connectivity index (χ1n) is 10.4. The molecule has 144 valence electrons. The molecule has 0 aromatic carbocycles. The van der Waals surface area contributed by atoms with Crippen molar-refractivity contribution in [3.05, 3.63) is 18.5 Å². The van der Waals surface area contributed by atoms with Gasteiger partial charge < -0.3 is 15.0 Å². The molecule has 6 nitrogen and oxygen atoms in total. The van der Waals surface area contributed by atoms with E-state index in [0.29, 0.717) is 6.10 Å². The van der Waals surface area contributed by atoms with E-state index in [-0.39, 0.29) is 5.91 Å². The normalized spacial score (nSPS) is 24.8. The molecule has 0 spiro atoms. The largest absolute Gasteiger partial charge is 0.378 e. The molecule has 1 amide bonds. The van der Waals surface area contributed by atoms with Crippen molar-refractivity contribution in [1.82, 2.24) is 20.0 Å². The van der Waals surface area contributed by atoms with Crippen molar-refractivity contribution in [1.29, 1.82) is 0 Å². The Bertz CT molecular complexity index is 569. The molecule has 2 saturated heterocycles. The molecule has 3 heterocycles. The third kappa shape index (κ3) is 3.67. The molecule has 0 unspecified atom stereocenters. The Hall–Kier alpha value is -1.40. The van der Waals surface area contributed by atoms with Gasteiger partial charge >= 0.3 is 0 Å². The first-order valence-corrected chi connectivity index (χ1v) is 10.4. The Balaban J connectivity index is 1.34. The molecular weight excluding hydrogens is 328 g/mol. The molecule has 4 rings (SSSR count). The molecular formula is C20H32N4O2. The van der Waals surface area contributed by atoms with Crippen LogP contribution in [0.15, 0.2) is 18.5 Å². The summed E-state index contributed by atoms with van der Waals surface area (Å²) < 4.78 is 8.07. The van der Waals surface area contributed by atoms with E-state index < -0.39 is 5.54 Å². The number of carbonyl (C=O) groups is 1. The number of rotatable bonds is 5. The van der Waals surface area contributed by atoms with E-state index in [9.17, 15) is 4.79 Å². The van der Waals surface area contributed by atoms with Gasteiger partial charge in [-0.05, 0) is 63.6 Å². The van der Waals surface area contributed by atoms with Gasteiger partial charge in [0.1, 0.15) is 5.54 Å². The molecule has 2 aliphatic heterocycles. The van der Waals surface area contributed by atoms with Crippen LogP contribution in [0.1, 0.15) is 51.4 Å². The van der Waals surface area contributed by atoms with E-state index in [1.807, 2.05) is 16.9 Å². The molecule has 1 saturated carbocycles. The fraction of sp³-hybridized carbons (Fsp3) is 0.800. The van der Waals surface area contributed by atoms with Crippen molar-refractivity contribution in [2.75, 3.05) is 32.8 Å². The zero-order valence-corrected chi connectivity index (χ0v) is 15.7.